The molecule has 0 aliphatic heterocycles. The maximum Gasteiger partial charge on any atom is 0.242 e. The SMILES string of the molecule is CCCC(=O)Nc1cccc(SC(C(=O)Nc2ccncc2)c2ccccc2)c1. The van der Waals surface area contributed by atoms with E-state index in [1.54, 1.807) is 24.5 Å². The van der Waals surface area contributed by atoms with E-state index in [2.05, 4.69) is 15.6 Å². The van der Waals surface area contributed by atoms with E-state index in [-0.39, 0.29) is 11.8 Å². The van der Waals surface area contributed by atoms with Crippen molar-refractivity contribution in [1.29, 1.82) is 0 Å². The summed E-state index contributed by atoms with van der Waals surface area (Å²) in [6, 6.07) is 20.7. The summed E-state index contributed by atoms with van der Waals surface area (Å²) in [5.41, 5.74) is 2.34. The van der Waals surface area contributed by atoms with Crippen LogP contribution in [-0.4, -0.2) is 16.8 Å². The summed E-state index contributed by atoms with van der Waals surface area (Å²) in [5, 5.41) is 5.42. The van der Waals surface area contributed by atoms with Crippen LogP contribution in [0.15, 0.2) is 84.0 Å². The number of carbonyl (C=O) groups excluding carboxylic acids is 2. The molecule has 2 amide bonds. The minimum absolute atomic E-state index is 0.00955. The van der Waals surface area contributed by atoms with Crippen LogP contribution in [0, 0.1) is 0 Å². The second-order valence-electron chi connectivity index (χ2n) is 6.46. The van der Waals surface area contributed by atoms with Crippen molar-refractivity contribution in [3.8, 4) is 0 Å². The van der Waals surface area contributed by atoms with Gasteiger partial charge in [0.2, 0.25) is 11.8 Å². The van der Waals surface area contributed by atoms with Crippen LogP contribution in [0.5, 0.6) is 0 Å². The molecule has 3 rings (SSSR count). The predicted octanol–water partition coefficient (Wildman–Crippen LogP) is 5.29. The molecule has 0 aliphatic carbocycles. The van der Waals surface area contributed by atoms with E-state index in [1.807, 2.05) is 61.5 Å². The van der Waals surface area contributed by atoms with Crippen molar-refractivity contribution >= 4 is 35.0 Å². The number of hydrogen-bond donors (Lipinski definition) is 2. The smallest absolute Gasteiger partial charge is 0.242 e. The average molecular weight is 406 g/mol. The summed E-state index contributed by atoms with van der Waals surface area (Å²) in [5.74, 6) is -0.127. The quantitative estimate of drug-likeness (QED) is 0.499. The Bertz CT molecular complexity index is 949. The van der Waals surface area contributed by atoms with Crippen molar-refractivity contribution in [2.24, 2.45) is 0 Å². The van der Waals surface area contributed by atoms with E-state index in [0.717, 1.165) is 22.6 Å². The van der Waals surface area contributed by atoms with Gasteiger partial charge < -0.3 is 10.6 Å². The molecule has 2 aromatic carbocycles. The first-order valence-electron chi connectivity index (χ1n) is 9.48. The van der Waals surface area contributed by atoms with E-state index in [1.165, 1.54) is 11.8 Å². The van der Waals surface area contributed by atoms with Gasteiger partial charge in [-0.2, -0.15) is 0 Å². The molecule has 0 saturated carbocycles. The molecule has 3 aromatic rings. The topological polar surface area (TPSA) is 71.1 Å². The summed E-state index contributed by atoms with van der Waals surface area (Å²) in [4.78, 5) is 29.8. The first-order chi connectivity index (χ1) is 14.2. The number of thioether (sulfide) groups is 1. The zero-order valence-corrected chi connectivity index (χ0v) is 17.0. The molecule has 1 aromatic heterocycles. The van der Waals surface area contributed by atoms with Gasteiger partial charge >= 0.3 is 0 Å². The van der Waals surface area contributed by atoms with Gasteiger partial charge in [0, 0.05) is 35.1 Å². The van der Waals surface area contributed by atoms with Crippen LogP contribution in [0.4, 0.5) is 11.4 Å². The van der Waals surface area contributed by atoms with Gasteiger partial charge in [0.05, 0.1) is 0 Å². The fourth-order valence-electron chi connectivity index (χ4n) is 2.78. The summed E-state index contributed by atoms with van der Waals surface area (Å²) in [6.07, 6.45) is 4.56. The molecule has 0 bridgehead atoms. The van der Waals surface area contributed by atoms with Crippen molar-refractivity contribution in [2.45, 2.75) is 29.9 Å². The molecular formula is C23H23N3O2S. The highest BCUT2D eigenvalue weighted by molar-refractivity contribution is 8.00. The van der Waals surface area contributed by atoms with E-state index >= 15 is 0 Å². The molecule has 0 aliphatic rings. The third kappa shape index (κ3) is 6.19. The predicted molar refractivity (Wildman–Crippen MR) is 118 cm³/mol. The van der Waals surface area contributed by atoms with Gasteiger partial charge in [-0.3, -0.25) is 14.6 Å². The van der Waals surface area contributed by atoms with Gasteiger partial charge in [-0.05, 0) is 42.3 Å². The lowest BCUT2D eigenvalue weighted by atomic mass is 10.1. The summed E-state index contributed by atoms with van der Waals surface area (Å²) >= 11 is 1.44. The lowest BCUT2D eigenvalue weighted by Gasteiger charge is -2.17. The minimum Gasteiger partial charge on any atom is -0.326 e. The maximum absolute atomic E-state index is 13.0. The molecule has 29 heavy (non-hydrogen) atoms. The molecule has 0 radical (unpaired) electrons. The third-order valence-electron chi connectivity index (χ3n) is 4.14. The Hall–Kier alpha value is -3.12. The molecule has 1 unspecified atom stereocenters. The van der Waals surface area contributed by atoms with Gasteiger partial charge in [-0.1, -0.05) is 43.3 Å². The molecule has 148 valence electrons. The highest BCUT2D eigenvalue weighted by Crippen LogP contribution is 2.37. The number of pyridine rings is 1. The van der Waals surface area contributed by atoms with Crippen molar-refractivity contribution < 1.29 is 9.59 Å². The molecule has 5 nitrogen and oxygen atoms in total. The highest BCUT2D eigenvalue weighted by atomic mass is 32.2. The number of rotatable bonds is 8. The molecular weight excluding hydrogens is 382 g/mol. The number of nitrogens with one attached hydrogen (secondary N) is 2. The van der Waals surface area contributed by atoms with E-state index in [9.17, 15) is 9.59 Å². The van der Waals surface area contributed by atoms with Crippen molar-refractivity contribution in [3.05, 3.63) is 84.7 Å². The molecule has 0 saturated heterocycles. The second-order valence-corrected chi connectivity index (χ2v) is 7.64. The Balaban J connectivity index is 1.80. The zero-order valence-electron chi connectivity index (χ0n) is 16.2. The number of nitrogens with zero attached hydrogens (tertiary/aromatic N) is 1. The van der Waals surface area contributed by atoms with E-state index in [0.29, 0.717) is 12.1 Å². The second kappa shape index (κ2) is 10.4. The number of carbonyl (C=O) groups is 2. The normalized spacial score (nSPS) is 11.5. The molecule has 1 heterocycles. The molecule has 6 heteroatoms. The Kier molecular flexibility index (Phi) is 7.41. The van der Waals surface area contributed by atoms with Gasteiger partial charge in [0.25, 0.3) is 0 Å². The molecule has 2 N–H and O–H groups in total. The van der Waals surface area contributed by atoms with Crippen LogP contribution in [0.3, 0.4) is 0 Å². The number of amides is 2. The summed E-state index contributed by atoms with van der Waals surface area (Å²) in [6.45, 7) is 1.97. The van der Waals surface area contributed by atoms with Crippen molar-refractivity contribution in [2.75, 3.05) is 10.6 Å². The van der Waals surface area contributed by atoms with Crippen LogP contribution in [0.25, 0.3) is 0 Å². The van der Waals surface area contributed by atoms with E-state index < -0.39 is 5.25 Å². The highest BCUT2D eigenvalue weighted by Gasteiger charge is 2.22. The first kappa shape index (κ1) is 20.6. The fraction of sp³-hybridized carbons (Fsp3) is 0.174. The Morgan fingerprint density at radius 1 is 0.931 bits per heavy atom. The average Bonchev–Trinajstić information content (AvgIpc) is 2.74. The number of anilines is 2. The first-order valence-corrected chi connectivity index (χ1v) is 10.4. The Labute approximate surface area is 175 Å². The van der Waals surface area contributed by atoms with Gasteiger partial charge in [-0.25, -0.2) is 0 Å². The fourth-order valence-corrected chi connectivity index (χ4v) is 3.86. The Morgan fingerprint density at radius 2 is 1.69 bits per heavy atom. The molecule has 0 fully saturated rings. The summed E-state index contributed by atoms with van der Waals surface area (Å²) < 4.78 is 0. The van der Waals surface area contributed by atoms with Crippen molar-refractivity contribution in [3.63, 3.8) is 0 Å². The largest absolute Gasteiger partial charge is 0.326 e. The number of benzene rings is 2. The number of aromatic nitrogens is 1. The van der Waals surface area contributed by atoms with Crippen molar-refractivity contribution in [1.82, 2.24) is 4.98 Å². The summed E-state index contributed by atoms with van der Waals surface area (Å²) in [7, 11) is 0. The minimum atomic E-state index is -0.439. The Morgan fingerprint density at radius 3 is 2.41 bits per heavy atom. The molecule has 0 spiro atoms. The zero-order chi connectivity index (χ0) is 20.5. The van der Waals surface area contributed by atoms with Crippen LogP contribution < -0.4 is 10.6 Å². The van der Waals surface area contributed by atoms with Crippen LogP contribution >= 0.6 is 11.8 Å². The van der Waals surface area contributed by atoms with Crippen LogP contribution in [0.1, 0.15) is 30.6 Å². The van der Waals surface area contributed by atoms with E-state index in [4.69, 9.17) is 0 Å². The number of hydrogen-bond acceptors (Lipinski definition) is 4. The van der Waals surface area contributed by atoms with Crippen LogP contribution in [-0.2, 0) is 9.59 Å². The van der Waals surface area contributed by atoms with Gasteiger partial charge in [-0.15, -0.1) is 11.8 Å². The standard InChI is InChI=1S/C23H23N3O2S/c1-2-7-21(27)25-19-10-6-11-20(16-19)29-22(17-8-4-3-5-9-17)23(28)26-18-12-14-24-15-13-18/h3-6,8-16,22H,2,7H2,1H3,(H,25,27)(H,24,26,28). The monoisotopic (exact) mass is 405 g/mol. The lowest BCUT2D eigenvalue weighted by molar-refractivity contribution is -0.116. The van der Waals surface area contributed by atoms with Gasteiger partial charge in [0.15, 0.2) is 0 Å². The lowest BCUT2D eigenvalue weighted by Crippen LogP contribution is -2.19. The third-order valence-corrected chi connectivity index (χ3v) is 5.39. The van der Waals surface area contributed by atoms with Crippen LogP contribution in [0.2, 0.25) is 0 Å². The molecule has 1 atom stereocenters. The van der Waals surface area contributed by atoms with Gasteiger partial charge in [0.1, 0.15) is 5.25 Å². The maximum atomic E-state index is 13.0.